The van der Waals surface area contributed by atoms with Crippen LogP contribution in [0.3, 0.4) is 0 Å². The number of carbonyl (C=O) groups excluding carboxylic acids is 1. The molecule has 2 aliphatic carbocycles. The number of nitrogens with one attached hydrogen (secondary N) is 1. The van der Waals surface area contributed by atoms with Gasteiger partial charge in [-0.3, -0.25) is 4.79 Å². The van der Waals surface area contributed by atoms with Gasteiger partial charge in [-0.25, -0.2) is 0 Å². The van der Waals surface area contributed by atoms with Crippen LogP contribution in [0.4, 0.5) is 0 Å². The minimum atomic E-state index is -0.0565. The van der Waals surface area contributed by atoms with Crippen LogP contribution in [0.25, 0.3) is 0 Å². The predicted molar refractivity (Wildman–Crippen MR) is 67.8 cm³/mol. The molecule has 0 bridgehead atoms. The fourth-order valence-corrected chi connectivity index (χ4v) is 3.00. The average molecular weight is 239 g/mol. The van der Waals surface area contributed by atoms with Crippen LogP contribution in [0.1, 0.15) is 57.8 Å². The Morgan fingerprint density at radius 2 is 1.71 bits per heavy atom. The molecule has 0 spiro atoms. The van der Waals surface area contributed by atoms with Crippen molar-refractivity contribution in [3.8, 4) is 0 Å². The van der Waals surface area contributed by atoms with Gasteiger partial charge in [0.1, 0.15) is 6.04 Å². The van der Waals surface area contributed by atoms with E-state index in [2.05, 4.69) is 5.32 Å². The standard InChI is InChI=1S/C14H25NO2/c1-17-14(16)13(11-7-6-8-11)15-12-9-4-2-3-5-10-12/h11-13,15H,2-10H2,1H3. The summed E-state index contributed by atoms with van der Waals surface area (Å²) in [5.74, 6) is 0.463. The maximum Gasteiger partial charge on any atom is 0.323 e. The van der Waals surface area contributed by atoms with Gasteiger partial charge in [0.2, 0.25) is 0 Å². The topological polar surface area (TPSA) is 38.3 Å². The number of hydrogen-bond acceptors (Lipinski definition) is 3. The molecule has 3 heteroatoms. The van der Waals surface area contributed by atoms with E-state index in [-0.39, 0.29) is 12.0 Å². The van der Waals surface area contributed by atoms with Crippen molar-refractivity contribution in [1.82, 2.24) is 5.32 Å². The van der Waals surface area contributed by atoms with Crippen LogP contribution in [0.15, 0.2) is 0 Å². The van der Waals surface area contributed by atoms with E-state index in [1.54, 1.807) is 0 Å². The van der Waals surface area contributed by atoms with Crippen molar-refractivity contribution < 1.29 is 9.53 Å². The van der Waals surface area contributed by atoms with Gasteiger partial charge in [-0.1, -0.05) is 32.1 Å². The summed E-state index contributed by atoms with van der Waals surface area (Å²) in [7, 11) is 1.50. The minimum Gasteiger partial charge on any atom is -0.468 e. The molecule has 0 aromatic carbocycles. The molecule has 17 heavy (non-hydrogen) atoms. The molecule has 0 aromatic heterocycles. The molecule has 2 fully saturated rings. The third-order valence-electron chi connectivity index (χ3n) is 4.35. The lowest BCUT2D eigenvalue weighted by molar-refractivity contribution is -0.146. The highest BCUT2D eigenvalue weighted by atomic mass is 16.5. The third-order valence-corrected chi connectivity index (χ3v) is 4.35. The fraction of sp³-hybridized carbons (Fsp3) is 0.929. The second-order valence-corrected chi connectivity index (χ2v) is 5.55. The molecule has 2 rings (SSSR count). The van der Waals surface area contributed by atoms with Crippen molar-refractivity contribution >= 4 is 5.97 Å². The molecule has 1 N–H and O–H groups in total. The van der Waals surface area contributed by atoms with Crippen molar-refractivity contribution in [2.24, 2.45) is 5.92 Å². The first-order chi connectivity index (χ1) is 8.31. The van der Waals surface area contributed by atoms with Gasteiger partial charge in [0.05, 0.1) is 7.11 Å². The molecular formula is C14H25NO2. The van der Waals surface area contributed by atoms with Crippen LogP contribution in [0.2, 0.25) is 0 Å². The molecule has 1 atom stereocenters. The molecule has 0 saturated heterocycles. The first-order valence-corrected chi connectivity index (χ1v) is 7.15. The Morgan fingerprint density at radius 3 is 2.18 bits per heavy atom. The monoisotopic (exact) mass is 239 g/mol. The quantitative estimate of drug-likeness (QED) is 0.605. The molecule has 1 unspecified atom stereocenters. The van der Waals surface area contributed by atoms with E-state index in [0.717, 1.165) is 0 Å². The summed E-state index contributed by atoms with van der Waals surface area (Å²) >= 11 is 0. The van der Waals surface area contributed by atoms with E-state index in [9.17, 15) is 4.79 Å². The highest BCUT2D eigenvalue weighted by molar-refractivity contribution is 5.76. The first kappa shape index (κ1) is 12.9. The second kappa shape index (κ2) is 6.39. The van der Waals surface area contributed by atoms with E-state index >= 15 is 0 Å². The Labute approximate surface area is 104 Å². The van der Waals surface area contributed by atoms with E-state index in [4.69, 9.17) is 4.74 Å². The van der Waals surface area contributed by atoms with Crippen molar-refractivity contribution in [2.75, 3.05) is 7.11 Å². The molecule has 0 aliphatic heterocycles. The maximum atomic E-state index is 11.8. The summed E-state index contributed by atoms with van der Waals surface area (Å²) < 4.78 is 4.94. The van der Waals surface area contributed by atoms with Gasteiger partial charge in [-0.15, -0.1) is 0 Å². The van der Waals surface area contributed by atoms with Crippen molar-refractivity contribution in [3.63, 3.8) is 0 Å². The van der Waals surface area contributed by atoms with Crippen molar-refractivity contribution in [3.05, 3.63) is 0 Å². The Bertz CT molecular complexity index is 243. The lowest BCUT2D eigenvalue weighted by Gasteiger charge is -2.34. The van der Waals surface area contributed by atoms with Crippen LogP contribution in [-0.4, -0.2) is 25.2 Å². The van der Waals surface area contributed by atoms with E-state index < -0.39 is 0 Å². The highest BCUT2D eigenvalue weighted by Gasteiger charge is 2.34. The van der Waals surface area contributed by atoms with Gasteiger partial charge in [0.25, 0.3) is 0 Å². The maximum absolute atomic E-state index is 11.8. The minimum absolute atomic E-state index is 0.0446. The molecule has 0 aromatic rings. The van der Waals surface area contributed by atoms with Gasteiger partial charge in [-0.05, 0) is 31.6 Å². The lowest BCUT2D eigenvalue weighted by Crippen LogP contribution is -2.50. The van der Waals surface area contributed by atoms with Crippen LogP contribution in [0.5, 0.6) is 0 Å². The Morgan fingerprint density at radius 1 is 1.06 bits per heavy atom. The molecule has 3 nitrogen and oxygen atoms in total. The van der Waals surface area contributed by atoms with Gasteiger partial charge >= 0.3 is 5.97 Å². The van der Waals surface area contributed by atoms with Crippen molar-refractivity contribution in [1.29, 1.82) is 0 Å². The third kappa shape index (κ3) is 3.44. The van der Waals surface area contributed by atoms with E-state index in [0.29, 0.717) is 12.0 Å². The van der Waals surface area contributed by atoms with Gasteiger partial charge in [-0.2, -0.15) is 0 Å². The van der Waals surface area contributed by atoms with Crippen molar-refractivity contribution in [2.45, 2.75) is 69.9 Å². The van der Waals surface area contributed by atoms with E-state index in [1.165, 1.54) is 64.9 Å². The number of ether oxygens (including phenoxy) is 1. The van der Waals surface area contributed by atoms with Crippen LogP contribution in [-0.2, 0) is 9.53 Å². The normalized spacial score (nSPS) is 24.8. The molecule has 0 amide bonds. The number of methoxy groups -OCH3 is 1. The zero-order valence-electron chi connectivity index (χ0n) is 10.9. The average Bonchev–Trinajstić information content (AvgIpc) is 2.53. The lowest BCUT2D eigenvalue weighted by atomic mass is 9.79. The Hall–Kier alpha value is -0.570. The molecule has 98 valence electrons. The summed E-state index contributed by atoms with van der Waals surface area (Å²) in [4.78, 5) is 11.8. The highest BCUT2D eigenvalue weighted by Crippen LogP contribution is 2.31. The first-order valence-electron chi connectivity index (χ1n) is 7.15. The SMILES string of the molecule is COC(=O)C(NC1CCCCCC1)C1CCC1. The molecular weight excluding hydrogens is 214 g/mol. The molecule has 0 heterocycles. The van der Waals surface area contributed by atoms with E-state index in [1.807, 2.05) is 0 Å². The number of rotatable bonds is 4. The van der Waals surface area contributed by atoms with Crippen LogP contribution >= 0.6 is 0 Å². The van der Waals surface area contributed by atoms with Gasteiger partial charge in [0, 0.05) is 6.04 Å². The second-order valence-electron chi connectivity index (χ2n) is 5.55. The predicted octanol–water partition coefficient (Wildman–Crippen LogP) is 2.64. The van der Waals surface area contributed by atoms with Crippen LogP contribution < -0.4 is 5.32 Å². The summed E-state index contributed by atoms with van der Waals surface area (Å²) in [6, 6.07) is 0.485. The van der Waals surface area contributed by atoms with Gasteiger partial charge in [0.15, 0.2) is 0 Å². The molecule has 2 saturated carbocycles. The summed E-state index contributed by atoms with van der Waals surface area (Å²) in [6.07, 6.45) is 11.4. The smallest absolute Gasteiger partial charge is 0.323 e. The number of carbonyl (C=O) groups is 1. The fourth-order valence-electron chi connectivity index (χ4n) is 3.00. The largest absolute Gasteiger partial charge is 0.468 e. The van der Waals surface area contributed by atoms with Gasteiger partial charge < -0.3 is 10.1 Å². The zero-order chi connectivity index (χ0) is 12.1. The Balaban J connectivity index is 1.88. The number of esters is 1. The zero-order valence-corrected chi connectivity index (χ0v) is 10.9. The summed E-state index contributed by atoms with van der Waals surface area (Å²) in [5.41, 5.74) is 0. The summed E-state index contributed by atoms with van der Waals surface area (Å²) in [6.45, 7) is 0. The summed E-state index contributed by atoms with van der Waals surface area (Å²) in [5, 5.41) is 3.57. The molecule has 0 radical (unpaired) electrons. The molecule has 2 aliphatic rings. The number of hydrogen-bond donors (Lipinski definition) is 1. The van der Waals surface area contributed by atoms with Crippen LogP contribution in [0, 0.1) is 5.92 Å². The Kier molecular flexibility index (Phi) is 4.84.